The van der Waals surface area contributed by atoms with E-state index in [2.05, 4.69) is 10.2 Å². The number of nitrogens with two attached hydrogens (primary N) is 1. The number of rotatable bonds is 2. The third-order valence-corrected chi connectivity index (χ3v) is 6.04. The van der Waals surface area contributed by atoms with Crippen LogP contribution in [0.4, 0.5) is 0 Å². The third-order valence-electron chi connectivity index (χ3n) is 6.04. The van der Waals surface area contributed by atoms with Gasteiger partial charge in [-0.2, -0.15) is 5.10 Å². The summed E-state index contributed by atoms with van der Waals surface area (Å²) in [5.41, 5.74) is 8.29. The second-order valence-corrected chi connectivity index (χ2v) is 7.55. The van der Waals surface area contributed by atoms with E-state index in [0.717, 1.165) is 29.0 Å². The number of hydrogen-bond donors (Lipinski definition) is 2. The molecule has 20 heavy (non-hydrogen) atoms. The van der Waals surface area contributed by atoms with E-state index in [4.69, 9.17) is 5.73 Å². The molecule has 1 atom stereocenters. The monoisotopic (exact) mass is 273 g/mol. The molecule has 0 radical (unpaired) electrons. The molecule has 1 unspecified atom stereocenters. The predicted molar refractivity (Wildman–Crippen MR) is 77.1 cm³/mol. The Balaban J connectivity index is 1.73. The minimum Gasteiger partial charge on any atom is -0.323 e. The van der Waals surface area contributed by atoms with Crippen LogP contribution in [-0.2, 0) is 0 Å². The first kappa shape index (κ1) is 12.6. The van der Waals surface area contributed by atoms with Crippen molar-refractivity contribution in [3.8, 4) is 0 Å². The fourth-order valence-corrected chi connectivity index (χ4v) is 5.65. The van der Waals surface area contributed by atoms with Crippen LogP contribution in [0, 0.1) is 30.1 Å². The van der Waals surface area contributed by atoms with Gasteiger partial charge in [0.25, 0.3) is 5.56 Å². The van der Waals surface area contributed by atoms with Crippen molar-refractivity contribution >= 4 is 0 Å². The molecule has 1 heterocycles. The van der Waals surface area contributed by atoms with Gasteiger partial charge in [-0.15, -0.1) is 0 Å². The standard InChI is InChI=1S/C16H23N3O/c1-9-2-13(15(20)19-18-9)14(17)16-6-10-3-11(7-16)5-12(4-10)8-16/h2,10-12,14H,3-8,17H2,1H3,(H,19,20). The topological polar surface area (TPSA) is 71.8 Å². The van der Waals surface area contributed by atoms with E-state index in [-0.39, 0.29) is 17.0 Å². The molecule has 0 saturated heterocycles. The third kappa shape index (κ3) is 1.77. The van der Waals surface area contributed by atoms with Crippen LogP contribution in [0.1, 0.15) is 55.8 Å². The molecule has 4 fully saturated rings. The van der Waals surface area contributed by atoms with Crippen molar-refractivity contribution < 1.29 is 0 Å². The first-order chi connectivity index (χ1) is 9.56. The highest BCUT2D eigenvalue weighted by atomic mass is 16.1. The fraction of sp³-hybridized carbons (Fsp3) is 0.750. The van der Waals surface area contributed by atoms with Gasteiger partial charge < -0.3 is 5.73 Å². The van der Waals surface area contributed by atoms with Crippen molar-refractivity contribution in [1.82, 2.24) is 10.2 Å². The van der Waals surface area contributed by atoms with Crippen LogP contribution < -0.4 is 11.3 Å². The van der Waals surface area contributed by atoms with Gasteiger partial charge in [0.15, 0.2) is 0 Å². The van der Waals surface area contributed by atoms with Gasteiger partial charge in [0.1, 0.15) is 0 Å². The SMILES string of the molecule is Cc1cc(C(N)C23CC4CC(CC(C4)C2)C3)c(=O)[nH]n1. The highest BCUT2D eigenvalue weighted by Gasteiger charge is 2.54. The van der Waals surface area contributed by atoms with Crippen molar-refractivity contribution in [1.29, 1.82) is 0 Å². The Hall–Kier alpha value is -1.16. The second kappa shape index (κ2) is 4.17. The number of nitrogens with one attached hydrogen (secondary N) is 1. The van der Waals surface area contributed by atoms with Crippen molar-refractivity contribution in [2.75, 3.05) is 0 Å². The molecular weight excluding hydrogens is 250 g/mol. The lowest BCUT2D eigenvalue weighted by Gasteiger charge is -2.58. The summed E-state index contributed by atoms with van der Waals surface area (Å²) < 4.78 is 0. The number of aromatic nitrogens is 2. The minimum absolute atomic E-state index is 0.0983. The highest BCUT2D eigenvalue weighted by Crippen LogP contribution is 2.63. The average molecular weight is 273 g/mol. The maximum atomic E-state index is 12.1. The molecule has 3 N–H and O–H groups in total. The summed E-state index contributed by atoms with van der Waals surface area (Å²) in [6.45, 7) is 1.91. The number of hydrogen-bond acceptors (Lipinski definition) is 3. The fourth-order valence-electron chi connectivity index (χ4n) is 5.65. The summed E-state index contributed by atoms with van der Waals surface area (Å²) >= 11 is 0. The molecule has 0 amide bonds. The summed E-state index contributed by atoms with van der Waals surface area (Å²) in [6.07, 6.45) is 7.87. The van der Waals surface area contributed by atoms with Gasteiger partial charge in [-0.25, -0.2) is 5.10 Å². The number of nitrogens with zero attached hydrogens (tertiary/aromatic N) is 1. The Labute approximate surface area is 119 Å². The van der Waals surface area contributed by atoms with Crippen molar-refractivity contribution in [2.24, 2.45) is 28.9 Å². The maximum Gasteiger partial charge on any atom is 0.268 e. The van der Waals surface area contributed by atoms with Gasteiger partial charge in [-0.1, -0.05) is 0 Å². The summed E-state index contributed by atoms with van der Waals surface area (Å²) in [5, 5.41) is 6.57. The lowest BCUT2D eigenvalue weighted by atomic mass is 9.47. The van der Waals surface area contributed by atoms with E-state index in [1.807, 2.05) is 13.0 Å². The lowest BCUT2D eigenvalue weighted by Crippen LogP contribution is -2.51. The Morgan fingerprint density at radius 2 is 1.80 bits per heavy atom. The van der Waals surface area contributed by atoms with Crippen LogP contribution in [0.3, 0.4) is 0 Å². The molecule has 4 saturated carbocycles. The molecule has 4 aliphatic rings. The second-order valence-electron chi connectivity index (χ2n) is 7.55. The van der Waals surface area contributed by atoms with E-state index in [9.17, 15) is 4.79 Å². The lowest BCUT2D eigenvalue weighted by molar-refractivity contribution is -0.0680. The Bertz CT molecular complexity index is 556. The van der Waals surface area contributed by atoms with E-state index in [1.54, 1.807) is 0 Å². The Morgan fingerprint density at radius 1 is 1.25 bits per heavy atom. The summed E-state index contributed by atoms with van der Waals surface area (Å²) in [4.78, 5) is 12.1. The van der Waals surface area contributed by atoms with Gasteiger partial charge in [0, 0.05) is 11.6 Å². The zero-order chi connectivity index (χ0) is 13.9. The van der Waals surface area contributed by atoms with Crippen LogP contribution in [0.25, 0.3) is 0 Å². The molecule has 0 spiro atoms. The summed E-state index contributed by atoms with van der Waals surface area (Å²) in [6, 6.07) is 1.77. The van der Waals surface area contributed by atoms with Crippen LogP contribution in [0.5, 0.6) is 0 Å². The van der Waals surface area contributed by atoms with Crippen LogP contribution in [0.2, 0.25) is 0 Å². The maximum absolute atomic E-state index is 12.1. The Kier molecular flexibility index (Phi) is 2.62. The van der Waals surface area contributed by atoms with E-state index in [1.165, 1.54) is 38.5 Å². The van der Waals surface area contributed by atoms with Crippen molar-refractivity contribution in [2.45, 2.75) is 51.5 Å². The molecule has 0 aromatic carbocycles. The molecule has 1 aromatic heterocycles. The summed E-state index contributed by atoms with van der Waals surface area (Å²) in [7, 11) is 0. The summed E-state index contributed by atoms with van der Waals surface area (Å²) in [5.74, 6) is 2.57. The number of aromatic amines is 1. The van der Waals surface area contributed by atoms with Gasteiger partial charge >= 0.3 is 0 Å². The van der Waals surface area contributed by atoms with Crippen molar-refractivity contribution in [3.05, 3.63) is 27.7 Å². The quantitative estimate of drug-likeness (QED) is 0.868. The number of H-pyrrole nitrogens is 1. The van der Waals surface area contributed by atoms with Gasteiger partial charge in [-0.3, -0.25) is 4.79 Å². The van der Waals surface area contributed by atoms with E-state index in [0.29, 0.717) is 0 Å². The smallest absolute Gasteiger partial charge is 0.268 e. The van der Waals surface area contributed by atoms with Gasteiger partial charge in [-0.05, 0) is 74.7 Å². The molecule has 4 nitrogen and oxygen atoms in total. The number of aryl methyl sites for hydroxylation is 1. The molecule has 4 aliphatic carbocycles. The molecule has 1 aromatic rings. The van der Waals surface area contributed by atoms with Gasteiger partial charge in [0.2, 0.25) is 0 Å². The minimum atomic E-state index is -0.124. The molecular formula is C16H23N3O. The largest absolute Gasteiger partial charge is 0.323 e. The normalized spacial score (nSPS) is 40.0. The molecule has 4 bridgehead atoms. The zero-order valence-electron chi connectivity index (χ0n) is 12.1. The molecule has 4 heteroatoms. The van der Waals surface area contributed by atoms with Crippen molar-refractivity contribution in [3.63, 3.8) is 0 Å². The predicted octanol–water partition coefficient (Wildman–Crippen LogP) is 2.29. The van der Waals surface area contributed by atoms with Gasteiger partial charge in [0.05, 0.1) is 5.69 Å². The molecule has 108 valence electrons. The first-order valence-electron chi connectivity index (χ1n) is 7.87. The first-order valence-corrected chi connectivity index (χ1v) is 7.87. The average Bonchev–Trinajstić information content (AvgIpc) is 2.39. The molecule has 0 aliphatic heterocycles. The molecule has 5 rings (SSSR count). The Morgan fingerprint density at radius 3 is 2.35 bits per heavy atom. The van der Waals surface area contributed by atoms with Crippen LogP contribution >= 0.6 is 0 Å². The van der Waals surface area contributed by atoms with E-state index < -0.39 is 0 Å². The zero-order valence-corrected chi connectivity index (χ0v) is 12.1. The van der Waals surface area contributed by atoms with Crippen LogP contribution in [0.15, 0.2) is 10.9 Å². The van der Waals surface area contributed by atoms with Crippen LogP contribution in [-0.4, -0.2) is 10.2 Å². The van der Waals surface area contributed by atoms with E-state index >= 15 is 0 Å². The highest BCUT2D eigenvalue weighted by molar-refractivity contribution is 5.21.